The van der Waals surface area contributed by atoms with E-state index in [1.807, 2.05) is 29.2 Å². The van der Waals surface area contributed by atoms with Gasteiger partial charge in [0.25, 0.3) is 5.91 Å². The molecule has 0 spiro atoms. The van der Waals surface area contributed by atoms with Gasteiger partial charge in [-0.15, -0.1) is 0 Å². The van der Waals surface area contributed by atoms with Crippen molar-refractivity contribution < 1.29 is 4.79 Å². The number of fused-ring (bicyclic) bond motifs is 1. The minimum absolute atomic E-state index is 0.0400. The smallest absolute Gasteiger partial charge is 0.254 e. The zero-order chi connectivity index (χ0) is 14.8. The molecule has 1 fully saturated rings. The SMILES string of the molecule is CN1CCN(C(=O)c2cc(NN)nc3ccccc23)CC1. The average Bonchev–Trinajstić information content (AvgIpc) is 2.53. The van der Waals surface area contributed by atoms with Gasteiger partial charge in [0.05, 0.1) is 11.1 Å². The van der Waals surface area contributed by atoms with Crippen molar-refractivity contribution in [2.45, 2.75) is 0 Å². The standard InChI is InChI=1S/C15H19N5O/c1-19-6-8-20(9-7-19)15(21)12-10-14(18-16)17-13-5-3-2-4-11(12)13/h2-5,10H,6-9,16H2,1H3,(H,17,18). The molecule has 0 atom stereocenters. The maximum Gasteiger partial charge on any atom is 0.254 e. The highest BCUT2D eigenvalue weighted by Gasteiger charge is 2.22. The predicted octanol–water partition coefficient (Wildman–Crippen LogP) is 0.908. The molecule has 3 N–H and O–H groups in total. The summed E-state index contributed by atoms with van der Waals surface area (Å²) in [6.07, 6.45) is 0. The number of nitrogens with two attached hydrogens (primary N) is 1. The molecule has 21 heavy (non-hydrogen) atoms. The van der Waals surface area contributed by atoms with Gasteiger partial charge in [0.1, 0.15) is 5.82 Å². The predicted molar refractivity (Wildman–Crippen MR) is 83.0 cm³/mol. The van der Waals surface area contributed by atoms with Crippen LogP contribution in [0.1, 0.15) is 10.4 Å². The summed E-state index contributed by atoms with van der Waals surface area (Å²) in [5.74, 6) is 6.01. The van der Waals surface area contributed by atoms with Gasteiger partial charge in [-0.25, -0.2) is 10.8 Å². The largest absolute Gasteiger partial charge is 0.336 e. The Hall–Kier alpha value is -2.18. The van der Waals surface area contributed by atoms with Gasteiger partial charge >= 0.3 is 0 Å². The van der Waals surface area contributed by atoms with Crippen LogP contribution in [-0.4, -0.2) is 53.9 Å². The second kappa shape index (κ2) is 5.67. The first kappa shape index (κ1) is 13.8. The molecule has 1 aromatic heterocycles. The number of anilines is 1. The van der Waals surface area contributed by atoms with Gasteiger partial charge in [-0.3, -0.25) is 4.79 Å². The lowest BCUT2D eigenvalue weighted by Gasteiger charge is -2.32. The monoisotopic (exact) mass is 285 g/mol. The molecule has 1 aliphatic rings. The van der Waals surface area contributed by atoms with Crippen LogP contribution in [0.2, 0.25) is 0 Å². The average molecular weight is 285 g/mol. The first-order valence-electron chi connectivity index (χ1n) is 7.03. The van der Waals surface area contributed by atoms with Crippen molar-refractivity contribution in [1.82, 2.24) is 14.8 Å². The quantitative estimate of drug-likeness (QED) is 0.633. The first-order valence-corrected chi connectivity index (χ1v) is 7.03. The summed E-state index contributed by atoms with van der Waals surface area (Å²) < 4.78 is 0. The Bertz CT molecular complexity index is 664. The van der Waals surface area contributed by atoms with Crippen molar-refractivity contribution in [2.24, 2.45) is 5.84 Å². The fourth-order valence-electron chi connectivity index (χ4n) is 2.61. The van der Waals surface area contributed by atoms with Crippen molar-refractivity contribution >= 4 is 22.6 Å². The number of nitrogens with one attached hydrogen (secondary N) is 1. The Balaban J connectivity index is 2.00. The molecule has 6 heteroatoms. The van der Waals surface area contributed by atoms with Gasteiger partial charge in [0, 0.05) is 31.6 Å². The minimum atomic E-state index is 0.0400. The molecule has 2 aromatic rings. The van der Waals surface area contributed by atoms with E-state index in [9.17, 15) is 4.79 Å². The van der Waals surface area contributed by atoms with Crippen LogP contribution < -0.4 is 11.3 Å². The molecule has 3 rings (SSSR count). The topological polar surface area (TPSA) is 74.5 Å². The number of nitrogen functional groups attached to an aromatic ring is 1. The molecule has 1 aromatic carbocycles. The van der Waals surface area contributed by atoms with Gasteiger partial charge in [-0.1, -0.05) is 18.2 Å². The number of hydrogen-bond acceptors (Lipinski definition) is 5. The number of carbonyl (C=O) groups is 1. The fraction of sp³-hybridized carbons (Fsp3) is 0.333. The van der Waals surface area contributed by atoms with Crippen molar-refractivity contribution in [2.75, 3.05) is 38.7 Å². The van der Waals surface area contributed by atoms with E-state index in [4.69, 9.17) is 5.84 Å². The van der Waals surface area contributed by atoms with Crippen LogP contribution >= 0.6 is 0 Å². The zero-order valence-corrected chi connectivity index (χ0v) is 12.0. The lowest BCUT2D eigenvalue weighted by Crippen LogP contribution is -2.47. The second-order valence-electron chi connectivity index (χ2n) is 5.31. The van der Waals surface area contributed by atoms with Crippen molar-refractivity contribution in [1.29, 1.82) is 0 Å². The van der Waals surface area contributed by atoms with Crippen molar-refractivity contribution in [3.63, 3.8) is 0 Å². The van der Waals surface area contributed by atoms with Gasteiger partial charge in [-0.2, -0.15) is 0 Å². The molecule has 1 aliphatic heterocycles. The van der Waals surface area contributed by atoms with E-state index in [2.05, 4.69) is 22.4 Å². The zero-order valence-electron chi connectivity index (χ0n) is 12.0. The van der Waals surface area contributed by atoms with Gasteiger partial charge < -0.3 is 15.2 Å². The highest BCUT2D eigenvalue weighted by Crippen LogP contribution is 2.22. The number of pyridine rings is 1. The molecular formula is C15H19N5O. The summed E-state index contributed by atoms with van der Waals surface area (Å²) in [4.78, 5) is 21.3. The number of likely N-dealkylation sites (N-methyl/N-ethyl adjacent to an activating group) is 1. The van der Waals surface area contributed by atoms with Crippen LogP contribution in [0.25, 0.3) is 10.9 Å². The number of piperazine rings is 1. The Kier molecular flexibility index (Phi) is 3.72. The molecule has 0 aliphatic carbocycles. The second-order valence-corrected chi connectivity index (χ2v) is 5.31. The Morgan fingerprint density at radius 1 is 1.24 bits per heavy atom. The van der Waals surface area contributed by atoms with Crippen LogP contribution in [0.5, 0.6) is 0 Å². The van der Waals surface area contributed by atoms with Gasteiger partial charge in [-0.05, 0) is 19.2 Å². The van der Waals surface area contributed by atoms with Crippen LogP contribution in [0.4, 0.5) is 5.82 Å². The van der Waals surface area contributed by atoms with E-state index in [0.717, 1.165) is 37.1 Å². The molecule has 0 bridgehead atoms. The van der Waals surface area contributed by atoms with Crippen LogP contribution in [0.15, 0.2) is 30.3 Å². The van der Waals surface area contributed by atoms with Gasteiger partial charge in [0.15, 0.2) is 0 Å². The molecule has 0 saturated carbocycles. The normalized spacial score (nSPS) is 16.2. The number of hydrazine groups is 1. The Morgan fingerprint density at radius 3 is 2.67 bits per heavy atom. The molecule has 1 amide bonds. The Labute approximate surface area is 123 Å². The molecule has 2 heterocycles. The van der Waals surface area contributed by atoms with E-state index in [-0.39, 0.29) is 5.91 Å². The lowest BCUT2D eigenvalue weighted by atomic mass is 10.1. The van der Waals surface area contributed by atoms with E-state index in [1.165, 1.54) is 0 Å². The van der Waals surface area contributed by atoms with E-state index >= 15 is 0 Å². The fourth-order valence-corrected chi connectivity index (χ4v) is 2.61. The maximum absolute atomic E-state index is 12.8. The van der Waals surface area contributed by atoms with Crippen molar-refractivity contribution in [3.8, 4) is 0 Å². The summed E-state index contributed by atoms with van der Waals surface area (Å²) in [5, 5.41) is 0.862. The first-order chi connectivity index (χ1) is 10.2. The number of para-hydroxylation sites is 1. The van der Waals surface area contributed by atoms with Crippen LogP contribution in [0, 0.1) is 0 Å². The number of benzene rings is 1. The third-order valence-electron chi connectivity index (χ3n) is 3.88. The molecule has 0 unspecified atom stereocenters. The number of rotatable bonds is 2. The summed E-state index contributed by atoms with van der Waals surface area (Å²) >= 11 is 0. The molecule has 6 nitrogen and oxygen atoms in total. The van der Waals surface area contributed by atoms with Crippen molar-refractivity contribution in [3.05, 3.63) is 35.9 Å². The summed E-state index contributed by atoms with van der Waals surface area (Å²) in [6.45, 7) is 3.29. The van der Waals surface area contributed by atoms with E-state index in [1.54, 1.807) is 6.07 Å². The number of aromatic nitrogens is 1. The number of carbonyl (C=O) groups excluding carboxylic acids is 1. The molecular weight excluding hydrogens is 266 g/mol. The van der Waals surface area contributed by atoms with Gasteiger partial charge in [0.2, 0.25) is 0 Å². The molecule has 110 valence electrons. The summed E-state index contributed by atoms with van der Waals surface area (Å²) in [5.41, 5.74) is 3.95. The van der Waals surface area contributed by atoms with Crippen LogP contribution in [-0.2, 0) is 0 Å². The van der Waals surface area contributed by atoms with E-state index in [0.29, 0.717) is 11.4 Å². The Morgan fingerprint density at radius 2 is 1.95 bits per heavy atom. The van der Waals surface area contributed by atoms with Crippen LogP contribution in [0.3, 0.4) is 0 Å². The third kappa shape index (κ3) is 2.68. The summed E-state index contributed by atoms with van der Waals surface area (Å²) in [7, 11) is 2.07. The highest BCUT2D eigenvalue weighted by molar-refractivity contribution is 6.07. The third-order valence-corrected chi connectivity index (χ3v) is 3.88. The minimum Gasteiger partial charge on any atom is -0.336 e. The molecule has 0 radical (unpaired) electrons. The maximum atomic E-state index is 12.8. The number of hydrogen-bond donors (Lipinski definition) is 2. The van der Waals surface area contributed by atoms with E-state index < -0.39 is 0 Å². The number of amides is 1. The summed E-state index contributed by atoms with van der Waals surface area (Å²) in [6, 6.07) is 9.35. The lowest BCUT2D eigenvalue weighted by molar-refractivity contribution is 0.0666. The highest BCUT2D eigenvalue weighted by atomic mass is 16.2. The number of nitrogens with zero attached hydrogens (tertiary/aromatic N) is 3. The molecule has 1 saturated heterocycles.